The SMILES string of the molecule is Ic1cc2c(s1)CCCC2NC1CCCCCC1. The number of nitrogens with one attached hydrogen (secondary N) is 1. The van der Waals surface area contributed by atoms with E-state index < -0.39 is 0 Å². The van der Waals surface area contributed by atoms with Gasteiger partial charge in [0.15, 0.2) is 0 Å². The summed E-state index contributed by atoms with van der Waals surface area (Å²) in [5, 5.41) is 3.97. The van der Waals surface area contributed by atoms with Gasteiger partial charge in [-0.15, -0.1) is 11.3 Å². The van der Waals surface area contributed by atoms with Gasteiger partial charge >= 0.3 is 0 Å². The van der Waals surface area contributed by atoms with Gasteiger partial charge in [-0.1, -0.05) is 25.7 Å². The number of halogens is 1. The van der Waals surface area contributed by atoms with E-state index in [9.17, 15) is 0 Å². The number of thiophene rings is 1. The second kappa shape index (κ2) is 6.23. The molecule has 1 unspecified atom stereocenters. The van der Waals surface area contributed by atoms with E-state index in [1.165, 1.54) is 60.7 Å². The molecule has 1 saturated carbocycles. The molecular weight excluding hydrogens is 353 g/mol. The molecule has 3 rings (SSSR count). The third-order valence-electron chi connectivity index (χ3n) is 4.38. The maximum Gasteiger partial charge on any atom is 0.0659 e. The number of hydrogen-bond donors (Lipinski definition) is 1. The van der Waals surface area contributed by atoms with Crippen molar-refractivity contribution in [2.45, 2.75) is 69.9 Å². The molecule has 1 atom stereocenters. The van der Waals surface area contributed by atoms with Gasteiger partial charge in [-0.3, -0.25) is 0 Å². The maximum atomic E-state index is 3.97. The minimum atomic E-state index is 0.650. The topological polar surface area (TPSA) is 12.0 Å². The van der Waals surface area contributed by atoms with Gasteiger partial charge in [-0.05, 0) is 66.3 Å². The van der Waals surface area contributed by atoms with Crippen molar-refractivity contribution in [2.24, 2.45) is 0 Å². The Morgan fingerprint density at radius 3 is 2.61 bits per heavy atom. The summed E-state index contributed by atoms with van der Waals surface area (Å²) in [6.45, 7) is 0. The van der Waals surface area contributed by atoms with Gasteiger partial charge in [0.05, 0.1) is 2.88 Å². The fourth-order valence-electron chi connectivity index (χ4n) is 3.43. The zero-order valence-corrected chi connectivity index (χ0v) is 13.9. The van der Waals surface area contributed by atoms with E-state index in [2.05, 4.69) is 34.0 Å². The highest BCUT2D eigenvalue weighted by atomic mass is 127. The molecule has 0 amide bonds. The van der Waals surface area contributed by atoms with Gasteiger partial charge in [-0.2, -0.15) is 0 Å². The molecule has 2 aliphatic rings. The molecule has 1 aromatic rings. The summed E-state index contributed by atoms with van der Waals surface area (Å²) in [5.74, 6) is 0. The summed E-state index contributed by atoms with van der Waals surface area (Å²) in [7, 11) is 0. The molecule has 0 bridgehead atoms. The molecule has 0 aromatic carbocycles. The standard InChI is InChI=1S/C15H22INS/c16-15-10-12-13(8-5-9-14(12)18-15)17-11-6-3-1-2-4-7-11/h10-11,13,17H,1-9H2. The first-order valence-electron chi connectivity index (χ1n) is 7.37. The fourth-order valence-corrected chi connectivity index (χ4v) is 5.54. The highest BCUT2D eigenvalue weighted by molar-refractivity contribution is 14.1. The van der Waals surface area contributed by atoms with Crippen molar-refractivity contribution < 1.29 is 0 Å². The molecule has 3 heteroatoms. The Kier molecular flexibility index (Phi) is 4.63. The second-order valence-electron chi connectivity index (χ2n) is 5.73. The first-order chi connectivity index (χ1) is 8.83. The predicted octanol–water partition coefficient (Wildman–Crippen LogP) is 5.04. The summed E-state index contributed by atoms with van der Waals surface area (Å²) in [5.41, 5.74) is 1.62. The molecule has 100 valence electrons. The fraction of sp³-hybridized carbons (Fsp3) is 0.733. The van der Waals surface area contributed by atoms with Gasteiger partial charge in [0, 0.05) is 17.0 Å². The third kappa shape index (κ3) is 3.10. The van der Waals surface area contributed by atoms with Crippen LogP contribution in [-0.2, 0) is 6.42 Å². The second-order valence-corrected chi connectivity index (χ2v) is 8.76. The van der Waals surface area contributed by atoms with Crippen LogP contribution in [0.2, 0.25) is 0 Å². The van der Waals surface area contributed by atoms with E-state index in [1.807, 2.05) is 11.3 Å². The van der Waals surface area contributed by atoms with Gasteiger partial charge in [0.1, 0.15) is 0 Å². The van der Waals surface area contributed by atoms with Crippen LogP contribution in [-0.4, -0.2) is 6.04 Å². The van der Waals surface area contributed by atoms with E-state index in [-0.39, 0.29) is 0 Å². The normalized spacial score (nSPS) is 25.7. The van der Waals surface area contributed by atoms with E-state index in [0.29, 0.717) is 6.04 Å². The van der Waals surface area contributed by atoms with Crippen molar-refractivity contribution in [2.75, 3.05) is 0 Å². The molecule has 1 nitrogen and oxygen atoms in total. The zero-order chi connectivity index (χ0) is 12.4. The van der Waals surface area contributed by atoms with Crippen molar-refractivity contribution in [3.63, 3.8) is 0 Å². The zero-order valence-electron chi connectivity index (χ0n) is 10.9. The summed E-state index contributed by atoms with van der Waals surface area (Å²) < 4.78 is 1.46. The lowest BCUT2D eigenvalue weighted by Crippen LogP contribution is -2.33. The Morgan fingerprint density at radius 2 is 1.83 bits per heavy atom. The van der Waals surface area contributed by atoms with E-state index in [4.69, 9.17) is 0 Å². The van der Waals surface area contributed by atoms with Crippen LogP contribution >= 0.6 is 33.9 Å². The first kappa shape index (κ1) is 13.4. The molecule has 2 aliphatic carbocycles. The maximum absolute atomic E-state index is 3.97. The third-order valence-corrected chi connectivity index (χ3v) is 6.35. The quantitative estimate of drug-likeness (QED) is 0.564. The molecule has 1 aromatic heterocycles. The monoisotopic (exact) mass is 375 g/mol. The average molecular weight is 375 g/mol. The molecule has 0 spiro atoms. The van der Waals surface area contributed by atoms with E-state index >= 15 is 0 Å². The number of fused-ring (bicyclic) bond motifs is 1. The Labute approximate surface area is 128 Å². The highest BCUT2D eigenvalue weighted by Crippen LogP contribution is 2.37. The summed E-state index contributed by atoms with van der Waals surface area (Å²) >= 11 is 4.49. The Balaban J connectivity index is 1.69. The largest absolute Gasteiger partial charge is 0.307 e. The lowest BCUT2D eigenvalue weighted by molar-refractivity contribution is 0.369. The lowest BCUT2D eigenvalue weighted by atomic mass is 9.92. The van der Waals surface area contributed by atoms with Crippen LogP contribution in [0.5, 0.6) is 0 Å². The van der Waals surface area contributed by atoms with E-state index in [1.54, 1.807) is 10.4 Å². The molecular formula is C15H22INS. The molecule has 1 N–H and O–H groups in total. The van der Waals surface area contributed by atoms with Crippen molar-refractivity contribution in [3.8, 4) is 0 Å². The highest BCUT2D eigenvalue weighted by Gasteiger charge is 2.25. The van der Waals surface area contributed by atoms with Crippen molar-refractivity contribution >= 4 is 33.9 Å². The minimum Gasteiger partial charge on any atom is -0.307 e. The Bertz CT molecular complexity index is 393. The number of rotatable bonds is 2. The summed E-state index contributed by atoms with van der Waals surface area (Å²) in [6, 6.07) is 3.85. The van der Waals surface area contributed by atoms with Gasteiger partial charge < -0.3 is 5.32 Å². The van der Waals surface area contributed by atoms with Crippen LogP contribution in [0.3, 0.4) is 0 Å². The van der Waals surface area contributed by atoms with Crippen LogP contribution in [0, 0.1) is 2.88 Å². The van der Waals surface area contributed by atoms with Gasteiger partial charge in [-0.25, -0.2) is 0 Å². The number of aryl methyl sites for hydroxylation is 1. The van der Waals surface area contributed by atoms with Crippen molar-refractivity contribution in [1.29, 1.82) is 0 Å². The molecule has 18 heavy (non-hydrogen) atoms. The predicted molar refractivity (Wildman–Crippen MR) is 87.3 cm³/mol. The van der Waals surface area contributed by atoms with Crippen molar-refractivity contribution in [1.82, 2.24) is 5.32 Å². The van der Waals surface area contributed by atoms with Gasteiger partial charge in [0.2, 0.25) is 0 Å². The van der Waals surface area contributed by atoms with Crippen LogP contribution in [0.15, 0.2) is 6.07 Å². The smallest absolute Gasteiger partial charge is 0.0659 e. The van der Waals surface area contributed by atoms with Crippen LogP contribution < -0.4 is 5.32 Å². The van der Waals surface area contributed by atoms with Crippen LogP contribution in [0.4, 0.5) is 0 Å². The van der Waals surface area contributed by atoms with Crippen molar-refractivity contribution in [3.05, 3.63) is 19.4 Å². The summed E-state index contributed by atoms with van der Waals surface area (Å²) in [6.07, 6.45) is 12.6. The molecule has 0 saturated heterocycles. The van der Waals surface area contributed by atoms with Crippen LogP contribution in [0.25, 0.3) is 0 Å². The Morgan fingerprint density at radius 1 is 1.06 bits per heavy atom. The molecule has 0 radical (unpaired) electrons. The first-order valence-corrected chi connectivity index (χ1v) is 9.26. The van der Waals surface area contributed by atoms with Crippen LogP contribution in [0.1, 0.15) is 67.8 Å². The van der Waals surface area contributed by atoms with Gasteiger partial charge in [0.25, 0.3) is 0 Å². The molecule has 1 heterocycles. The number of hydrogen-bond acceptors (Lipinski definition) is 2. The molecule has 1 fully saturated rings. The summed E-state index contributed by atoms with van der Waals surface area (Å²) in [4.78, 5) is 1.65. The lowest BCUT2D eigenvalue weighted by Gasteiger charge is -2.28. The van der Waals surface area contributed by atoms with E-state index in [0.717, 1.165) is 6.04 Å². The average Bonchev–Trinajstić information content (AvgIpc) is 2.58. The Hall–Kier alpha value is 0.390. The minimum absolute atomic E-state index is 0.650. The molecule has 0 aliphatic heterocycles.